The topological polar surface area (TPSA) is 40.5 Å². The number of nitrogens with zero attached hydrogens (tertiary/aromatic N) is 1. The lowest BCUT2D eigenvalue weighted by molar-refractivity contribution is -0.129. The van der Waals surface area contributed by atoms with E-state index < -0.39 is 0 Å². The normalized spacial score (nSPS) is 17.2. The molecular weight excluding hydrogens is 305 g/mol. The summed E-state index contributed by atoms with van der Waals surface area (Å²) in [6.07, 6.45) is 2.05. The average Bonchev–Trinajstić information content (AvgIpc) is 3.00. The number of hydrogen-bond donors (Lipinski definition) is 1. The van der Waals surface area contributed by atoms with Crippen molar-refractivity contribution in [3.05, 3.63) is 65.0 Å². The fourth-order valence-corrected chi connectivity index (χ4v) is 3.28. The Balaban J connectivity index is 1.56. The van der Waals surface area contributed by atoms with E-state index in [1.807, 2.05) is 23.1 Å². The Bertz CT molecular complexity index is 744. The first-order valence-electron chi connectivity index (χ1n) is 8.32. The zero-order chi connectivity index (χ0) is 17.1. The second-order valence-electron chi connectivity index (χ2n) is 6.63. The van der Waals surface area contributed by atoms with Gasteiger partial charge in [0.05, 0.1) is 6.42 Å². The molecule has 1 N–H and O–H groups in total. The standard InChI is InChI=1S/C20H22FNO2/c1-14-5-6-16(11-19(14)21)9-17-7-8-22(13-17)20(24)12-15-3-2-4-18(23)10-15/h2-6,10-11,17,23H,7-9,12-13H2,1H3. The first-order chi connectivity index (χ1) is 11.5. The summed E-state index contributed by atoms with van der Waals surface area (Å²) >= 11 is 0. The van der Waals surface area contributed by atoms with Gasteiger partial charge in [-0.25, -0.2) is 4.39 Å². The molecule has 1 fully saturated rings. The molecular formula is C20H22FNO2. The van der Waals surface area contributed by atoms with Crippen molar-refractivity contribution in [2.75, 3.05) is 13.1 Å². The second-order valence-corrected chi connectivity index (χ2v) is 6.63. The summed E-state index contributed by atoms with van der Waals surface area (Å²) in [7, 11) is 0. The molecule has 126 valence electrons. The van der Waals surface area contributed by atoms with Crippen LogP contribution in [0.2, 0.25) is 0 Å². The van der Waals surface area contributed by atoms with Gasteiger partial charge in [-0.05, 0) is 60.6 Å². The van der Waals surface area contributed by atoms with E-state index in [9.17, 15) is 14.3 Å². The minimum Gasteiger partial charge on any atom is -0.508 e. The highest BCUT2D eigenvalue weighted by Crippen LogP contribution is 2.23. The van der Waals surface area contributed by atoms with E-state index in [2.05, 4.69) is 0 Å². The van der Waals surface area contributed by atoms with Gasteiger partial charge in [0.15, 0.2) is 0 Å². The van der Waals surface area contributed by atoms with Crippen LogP contribution in [0.1, 0.15) is 23.1 Å². The van der Waals surface area contributed by atoms with Crippen LogP contribution >= 0.6 is 0 Å². The van der Waals surface area contributed by atoms with Crippen molar-refractivity contribution in [1.82, 2.24) is 4.90 Å². The van der Waals surface area contributed by atoms with E-state index in [1.54, 1.807) is 31.2 Å². The number of carbonyl (C=O) groups excluding carboxylic acids is 1. The number of carbonyl (C=O) groups is 1. The number of amides is 1. The van der Waals surface area contributed by atoms with Crippen LogP contribution < -0.4 is 0 Å². The van der Waals surface area contributed by atoms with Crippen molar-refractivity contribution < 1.29 is 14.3 Å². The molecule has 0 radical (unpaired) electrons. The number of rotatable bonds is 4. The summed E-state index contributed by atoms with van der Waals surface area (Å²) in [5.74, 6) is 0.474. The van der Waals surface area contributed by atoms with E-state index >= 15 is 0 Å². The molecule has 1 aliphatic heterocycles. The summed E-state index contributed by atoms with van der Waals surface area (Å²) in [6.45, 7) is 3.22. The lowest BCUT2D eigenvalue weighted by Gasteiger charge is -2.17. The largest absolute Gasteiger partial charge is 0.508 e. The summed E-state index contributed by atoms with van der Waals surface area (Å²) < 4.78 is 13.6. The molecule has 1 saturated heterocycles. The molecule has 0 aliphatic carbocycles. The van der Waals surface area contributed by atoms with Crippen LogP contribution in [0.25, 0.3) is 0 Å². The number of phenols is 1. The Morgan fingerprint density at radius 2 is 2.08 bits per heavy atom. The van der Waals surface area contributed by atoms with Gasteiger partial charge in [-0.15, -0.1) is 0 Å². The zero-order valence-corrected chi connectivity index (χ0v) is 13.8. The Labute approximate surface area is 141 Å². The molecule has 0 saturated carbocycles. The first kappa shape index (κ1) is 16.5. The van der Waals surface area contributed by atoms with Crippen molar-refractivity contribution in [2.24, 2.45) is 5.92 Å². The predicted molar refractivity (Wildman–Crippen MR) is 91.3 cm³/mol. The van der Waals surface area contributed by atoms with Crippen molar-refractivity contribution in [2.45, 2.75) is 26.2 Å². The molecule has 1 amide bonds. The quantitative estimate of drug-likeness (QED) is 0.934. The molecule has 0 bridgehead atoms. The van der Waals surface area contributed by atoms with E-state index in [4.69, 9.17) is 0 Å². The Morgan fingerprint density at radius 3 is 2.83 bits per heavy atom. The third-order valence-electron chi connectivity index (χ3n) is 4.67. The van der Waals surface area contributed by atoms with Gasteiger partial charge in [0.1, 0.15) is 11.6 Å². The predicted octanol–water partition coefficient (Wildman–Crippen LogP) is 3.47. The van der Waals surface area contributed by atoms with Crippen LogP contribution in [0.5, 0.6) is 5.75 Å². The maximum Gasteiger partial charge on any atom is 0.227 e. The number of likely N-dealkylation sites (tertiary alicyclic amines) is 1. The molecule has 1 atom stereocenters. The molecule has 1 heterocycles. The molecule has 4 heteroatoms. The fourth-order valence-electron chi connectivity index (χ4n) is 3.28. The lowest BCUT2D eigenvalue weighted by Crippen LogP contribution is -2.30. The number of halogens is 1. The van der Waals surface area contributed by atoms with Gasteiger partial charge >= 0.3 is 0 Å². The molecule has 3 nitrogen and oxygen atoms in total. The molecule has 0 aromatic heterocycles. The second kappa shape index (κ2) is 7.04. The number of hydrogen-bond acceptors (Lipinski definition) is 2. The highest BCUT2D eigenvalue weighted by atomic mass is 19.1. The Kier molecular flexibility index (Phi) is 4.84. The summed E-state index contributed by atoms with van der Waals surface area (Å²) in [4.78, 5) is 14.3. The van der Waals surface area contributed by atoms with E-state index in [0.29, 0.717) is 24.4 Å². The third kappa shape index (κ3) is 3.94. The van der Waals surface area contributed by atoms with Crippen molar-refractivity contribution in [3.8, 4) is 5.75 Å². The Morgan fingerprint density at radius 1 is 1.25 bits per heavy atom. The average molecular weight is 327 g/mol. The molecule has 24 heavy (non-hydrogen) atoms. The van der Waals surface area contributed by atoms with Crippen molar-refractivity contribution in [1.29, 1.82) is 0 Å². The van der Waals surface area contributed by atoms with E-state index in [-0.39, 0.29) is 17.5 Å². The van der Waals surface area contributed by atoms with Gasteiger partial charge in [-0.3, -0.25) is 4.79 Å². The van der Waals surface area contributed by atoms with Gasteiger partial charge in [0.2, 0.25) is 5.91 Å². The summed E-state index contributed by atoms with van der Waals surface area (Å²) in [5.41, 5.74) is 2.47. The minimum atomic E-state index is -0.165. The maximum atomic E-state index is 13.6. The van der Waals surface area contributed by atoms with Crippen LogP contribution in [0.3, 0.4) is 0 Å². The number of aromatic hydroxyl groups is 1. The number of phenolic OH excluding ortho intramolecular Hbond substituents is 1. The highest BCUT2D eigenvalue weighted by molar-refractivity contribution is 5.79. The molecule has 0 spiro atoms. The molecule has 1 unspecified atom stereocenters. The van der Waals surface area contributed by atoms with Crippen LogP contribution in [-0.4, -0.2) is 29.0 Å². The van der Waals surface area contributed by atoms with Gasteiger partial charge in [-0.1, -0.05) is 24.3 Å². The van der Waals surface area contributed by atoms with Crippen LogP contribution in [-0.2, 0) is 17.6 Å². The first-order valence-corrected chi connectivity index (χ1v) is 8.32. The SMILES string of the molecule is Cc1ccc(CC2CCN(C(=O)Cc3cccc(O)c3)C2)cc1F. The van der Waals surface area contributed by atoms with Gasteiger partial charge < -0.3 is 10.0 Å². The zero-order valence-electron chi connectivity index (χ0n) is 13.8. The smallest absolute Gasteiger partial charge is 0.227 e. The lowest BCUT2D eigenvalue weighted by atomic mass is 9.98. The van der Waals surface area contributed by atoms with Crippen molar-refractivity contribution >= 4 is 5.91 Å². The van der Waals surface area contributed by atoms with Gasteiger partial charge in [0.25, 0.3) is 0 Å². The van der Waals surface area contributed by atoms with Crippen molar-refractivity contribution in [3.63, 3.8) is 0 Å². The molecule has 2 aromatic carbocycles. The summed E-state index contributed by atoms with van der Waals surface area (Å²) in [5, 5.41) is 9.48. The fraction of sp³-hybridized carbons (Fsp3) is 0.350. The maximum absolute atomic E-state index is 13.6. The monoisotopic (exact) mass is 327 g/mol. The van der Waals surface area contributed by atoms with Gasteiger partial charge in [0, 0.05) is 13.1 Å². The third-order valence-corrected chi connectivity index (χ3v) is 4.67. The van der Waals surface area contributed by atoms with Gasteiger partial charge in [-0.2, -0.15) is 0 Å². The Hall–Kier alpha value is -2.36. The minimum absolute atomic E-state index is 0.0817. The molecule has 2 aromatic rings. The summed E-state index contributed by atoms with van der Waals surface area (Å²) in [6, 6.07) is 12.2. The van der Waals surface area contributed by atoms with E-state index in [0.717, 1.165) is 30.5 Å². The van der Waals surface area contributed by atoms with E-state index in [1.165, 1.54) is 0 Å². The molecule has 1 aliphatic rings. The van der Waals surface area contributed by atoms with Crippen LogP contribution in [0.15, 0.2) is 42.5 Å². The molecule has 3 rings (SSSR count). The highest BCUT2D eigenvalue weighted by Gasteiger charge is 2.26. The number of benzene rings is 2. The van der Waals surface area contributed by atoms with Crippen LogP contribution in [0.4, 0.5) is 4.39 Å². The number of aryl methyl sites for hydroxylation is 1. The van der Waals surface area contributed by atoms with Crippen LogP contribution in [0, 0.1) is 18.7 Å².